The Morgan fingerprint density at radius 2 is 1.86 bits per heavy atom. The molecule has 2 N–H and O–H groups in total. The second kappa shape index (κ2) is 8.69. The van der Waals surface area contributed by atoms with E-state index in [-0.39, 0.29) is 12.1 Å². The van der Waals surface area contributed by atoms with Crippen LogP contribution >= 0.6 is 11.3 Å². The predicted octanol–water partition coefficient (Wildman–Crippen LogP) is 4.12. The fraction of sp³-hybridized carbons (Fsp3) is 0.320. The summed E-state index contributed by atoms with van der Waals surface area (Å²) < 4.78 is 28.3. The molecule has 2 amide bonds. The number of carbonyl (C=O) groups is 2. The molecule has 0 radical (unpaired) electrons. The van der Waals surface area contributed by atoms with Crippen molar-refractivity contribution in [2.24, 2.45) is 5.92 Å². The number of amides is 2. The molecule has 4 aromatic rings. The van der Waals surface area contributed by atoms with Gasteiger partial charge in [0.15, 0.2) is 0 Å². The summed E-state index contributed by atoms with van der Waals surface area (Å²) in [6, 6.07) is 9.63. The Kier molecular flexibility index (Phi) is 5.49. The van der Waals surface area contributed by atoms with Gasteiger partial charge in [-0.15, -0.1) is 11.3 Å². The number of hydrogen-bond acceptors (Lipinski definition) is 5. The number of nitrogens with one attached hydrogen (secondary N) is 2. The Bertz CT molecular complexity index is 1480. The Morgan fingerprint density at radius 3 is 2.66 bits per heavy atom. The fourth-order valence-electron chi connectivity index (χ4n) is 5.21. The molecule has 2 aliphatic rings. The smallest absolute Gasteiger partial charge is 0.261 e. The number of para-hydroxylation sites is 1. The van der Waals surface area contributed by atoms with Gasteiger partial charge in [0, 0.05) is 23.7 Å². The van der Waals surface area contributed by atoms with Gasteiger partial charge in [0.05, 0.1) is 33.4 Å². The van der Waals surface area contributed by atoms with E-state index in [9.17, 15) is 18.4 Å². The van der Waals surface area contributed by atoms with Crippen LogP contribution in [0, 0.1) is 5.92 Å². The second-order valence-electron chi connectivity index (χ2n) is 9.08. The number of halogens is 2. The summed E-state index contributed by atoms with van der Waals surface area (Å²) in [6.45, 7) is 1.72. The summed E-state index contributed by atoms with van der Waals surface area (Å²) in [5.41, 5.74) is 3.59. The zero-order valence-electron chi connectivity index (χ0n) is 18.8. The lowest BCUT2D eigenvalue weighted by Crippen LogP contribution is -2.37. The molecule has 0 atom stereocenters. The number of likely N-dealkylation sites (tertiary alicyclic amines) is 1. The minimum Gasteiger partial charge on any atom is -0.360 e. The van der Waals surface area contributed by atoms with Gasteiger partial charge in [0.25, 0.3) is 18.2 Å². The Hall–Kier alpha value is -3.37. The number of carbonyl (C=O) groups excluding carboxylic acids is 2. The molecule has 7 nitrogen and oxygen atoms in total. The van der Waals surface area contributed by atoms with Gasteiger partial charge < -0.3 is 4.98 Å². The topological polar surface area (TPSA) is 83.0 Å². The van der Waals surface area contributed by atoms with Gasteiger partial charge in [-0.25, -0.2) is 8.78 Å². The highest BCUT2D eigenvalue weighted by Gasteiger charge is 2.36. The first-order chi connectivity index (χ1) is 17.0. The number of hydrogen-bond donors (Lipinski definition) is 2. The number of nitrogens with zero attached hydrogens (tertiary/aromatic N) is 3. The molecule has 0 unspecified atom stereocenters. The van der Waals surface area contributed by atoms with Crippen molar-refractivity contribution < 1.29 is 18.4 Å². The van der Waals surface area contributed by atoms with Crippen LogP contribution in [0.15, 0.2) is 41.9 Å². The van der Waals surface area contributed by atoms with Crippen molar-refractivity contribution >= 4 is 55.4 Å². The Morgan fingerprint density at radius 1 is 1.09 bits per heavy atom. The molecule has 3 aromatic heterocycles. The molecule has 35 heavy (non-hydrogen) atoms. The molecule has 180 valence electrons. The SMILES string of the molecule is O=C1NC(=O)C(c2c[nH]c3ccsc23)=C1c1nn(CC2CCN(CC(F)F)CC2)c2ccccc12. The highest BCUT2D eigenvalue weighted by atomic mass is 32.1. The van der Waals surface area contributed by atoms with E-state index in [1.54, 1.807) is 6.20 Å². The third-order valence-corrected chi connectivity index (χ3v) is 7.86. The van der Waals surface area contributed by atoms with Gasteiger partial charge in [-0.2, -0.15) is 5.10 Å². The van der Waals surface area contributed by atoms with E-state index in [1.165, 1.54) is 11.3 Å². The lowest BCUT2D eigenvalue weighted by molar-refractivity contribution is -0.122. The van der Waals surface area contributed by atoms with Crippen molar-refractivity contribution in [2.45, 2.75) is 25.8 Å². The van der Waals surface area contributed by atoms with Crippen molar-refractivity contribution in [3.05, 3.63) is 53.2 Å². The first-order valence-corrected chi connectivity index (χ1v) is 12.5. The zero-order chi connectivity index (χ0) is 24.1. The van der Waals surface area contributed by atoms with Crippen LogP contribution in [0.3, 0.4) is 0 Å². The van der Waals surface area contributed by atoms with Crippen molar-refractivity contribution in [3.63, 3.8) is 0 Å². The van der Waals surface area contributed by atoms with E-state index in [2.05, 4.69) is 10.3 Å². The molecule has 1 saturated heterocycles. The average Bonchev–Trinajstić information content (AvgIpc) is 3.58. The van der Waals surface area contributed by atoms with E-state index >= 15 is 0 Å². The van der Waals surface area contributed by atoms with Crippen LogP contribution in [0.4, 0.5) is 8.78 Å². The van der Waals surface area contributed by atoms with Crippen molar-refractivity contribution in [3.8, 4) is 0 Å². The second-order valence-corrected chi connectivity index (χ2v) is 10.00. The number of alkyl halides is 2. The Labute approximate surface area is 203 Å². The molecule has 1 aromatic carbocycles. The number of H-pyrrole nitrogens is 1. The number of aromatic amines is 1. The molecule has 0 spiro atoms. The van der Waals surface area contributed by atoms with Gasteiger partial charge in [-0.3, -0.25) is 24.5 Å². The molecular weight excluding hydrogens is 472 g/mol. The van der Waals surface area contributed by atoms with Crippen LogP contribution in [0.5, 0.6) is 0 Å². The summed E-state index contributed by atoms with van der Waals surface area (Å²) in [5, 5.41) is 10.1. The van der Waals surface area contributed by atoms with Gasteiger partial charge in [0.2, 0.25) is 0 Å². The summed E-state index contributed by atoms with van der Waals surface area (Å²) in [6.07, 6.45) is 1.06. The van der Waals surface area contributed by atoms with Gasteiger partial charge in [-0.05, 0) is 49.4 Å². The summed E-state index contributed by atoms with van der Waals surface area (Å²) in [5.74, 6) is -0.584. The molecule has 0 aliphatic carbocycles. The molecule has 6 rings (SSSR count). The highest BCUT2D eigenvalue weighted by molar-refractivity contribution is 7.17. The van der Waals surface area contributed by atoms with Crippen molar-refractivity contribution in [1.29, 1.82) is 0 Å². The molecule has 1 fully saturated rings. The van der Waals surface area contributed by atoms with E-state index in [1.807, 2.05) is 45.3 Å². The monoisotopic (exact) mass is 495 g/mol. The third-order valence-electron chi connectivity index (χ3n) is 6.91. The number of benzene rings is 1. The van der Waals surface area contributed by atoms with E-state index in [4.69, 9.17) is 5.10 Å². The van der Waals surface area contributed by atoms with Crippen molar-refractivity contribution in [1.82, 2.24) is 25.0 Å². The normalized spacial score (nSPS) is 18.0. The number of imide groups is 1. The molecule has 10 heteroatoms. The minimum absolute atomic E-state index is 0.182. The zero-order valence-corrected chi connectivity index (χ0v) is 19.6. The lowest BCUT2D eigenvalue weighted by atomic mass is 9.97. The number of aromatic nitrogens is 3. The Balaban J connectivity index is 1.39. The first kappa shape index (κ1) is 22.1. The standard InChI is InChI=1S/C25H23F2N5O2S/c26-19(27)13-31-8-5-14(6-9-31)12-32-18-4-2-1-3-15(18)22(30-32)21-20(24(33)29-25(21)34)16-11-28-17-7-10-35-23(16)17/h1-4,7,10-11,14,19,28H,5-6,8-9,12-13H2,(H,29,33,34). The van der Waals surface area contributed by atoms with E-state index in [0.29, 0.717) is 42.4 Å². The lowest BCUT2D eigenvalue weighted by Gasteiger charge is -2.31. The van der Waals surface area contributed by atoms with Crippen LogP contribution in [0.25, 0.3) is 32.3 Å². The maximum absolute atomic E-state index is 13.0. The first-order valence-electron chi connectivity index (χ1n) is 11.6. The van der Waals surface area contributed by atoms with E-state index < -0.39 is 18.2 Å². The molecule has 2 aliphatic heterocycles. The number of thiophene rings is 1. The van der Waals surface area contributed by atoms with E-state index in [0.717, 1.165) is 34.0 Å². The van der Waals surface area contributed by atoms with Gasteiger partial charge >= 0.3 is 0 Å². The van der Waals surface area contributed by atoms with Crippen molar-refractivity contribution in [2.75, 3.05) is 19.6 Å². The third kappa shape index (κ3) is 3.86. The van der Waals surface area contributed by atoms with Gasteiger partial charge in [-0.1, -0.05) is 18.2 Å². The largest absolute Gasteiger partial charge is 0.360 e. The molecule has 0 bridgehead atoms. The maximum Gasteiger partial charge on any atom is 0.261 e. The van der Waals surface area contributed by atoms with Crippen LogP contribution in [-0.4, -0.2) is 57.5 Å². The van der Waals surface area contributed by atoms with Crippen LogP contribution in [0.2, 0.25) is 0 Å². The number of fused-ring (bicyclic) bond motifs is 2. The highest BCUT2D eigenvalue weighted by Crippen LogP contribution is 2.38. The quantitative estimate of drug-likeness (QED) is 0.394. The van der Waals surface area contributed by atoms with Crippen LogP contribution in [0.1, 0.15) is 24.1 Å². The molecular formula is C25H23F2N5O2S. The molecule has 5 heterocycles. The summed E-state index contributed by atoms with van der Waals surface area (Å²) in [7, 11) is 0. The maximum atomic E-state index is 13.0. The fourth-order valence-corrected chi connectivity index (χ4v) is 6.10. The number of rotatable bonds is 6. The van der Waals surface area contributed by atoms with Crippen LogP contribution < -0.4 is 5.32 Å². The average molecular weight is 496 g/mol. The predicted molar refractivity (Wildman–Crippen MR) is 131 cm³/mol. The number of piperidine rings is 1. The van der Waals surface area contributed by atoms with Gasteiger partial charge in [0.1, 0.15) is 5.69 Å². The van der Waals surface area contributed by atoms with Crippen LogP contribution in [-0.2, 0) is 16.1 Å². The summed E-state index contributed by atoms with van der Waals surface area (Å²) >= 11 is 1.51. The minimum atomic E-state index is -2.32. The summed E-state index contributed by atoms with van der Waals surface area (Å²) in [4.78, 5) is 30.9. The molecule has 0 saturated carbocycles.